The molecule has 0 aliphatic carbocycles. The van der Waals surface area contributed by atoms with Gasteiger partial charge in [0.25, 0.3) is 0 Å². The molecule has 0 radical (unpaired) electrons. The highest BCUT2D eigenvalue weighted by atomic mass is 32.2. The van der Waals surface area contributed by atoms with E-state index >= 15 is 0 Å². The van der Waals surface area contributed by atoms with Crippen LogP contribution >= 0.6 is 0 Å². The van der Waals surface area contributed by atoms with Crippen molar-refractivity contribution in [2.75, 3.05) is 18.8 Å². The highest BCUT2D eigenvalue weighted by molar-refractivity contribution is 7.89. The van der Waals surface area contributed by atoms with Gasteiger partial charge in [0.2, 0.25) is 10.0 Å². The van der Waals surface area contributed by atoms with Crippen molar-refractivity contribution in [3.8, 4) is 0 Å². The van der Waals surface area contributed by atoms with Crippen molar-refractivity contribution in [2.24, 2.45) is 5.92 Å². The summed E-state index contributed by atoms with van der Waals surface area (Å²) in [5, 5.41) is 10.7. The van der Waals surface area contributed by atoms with E-state index < -0.39 is 21.9 Å². The number of hydrogen-bond donors (Lipinski definition) is 0. The van der Waals surface area contributed by atoms with Crippen molar-refractivity contribution < 1.29 is 18.3 Å². The molecule has 15 heavy (non-hydrogen) atoms. The van der Waals surface area contributed by atoms with Crippen molar-refractivity contribution >= 4 is 16.0 Å². The highest BCUT2D eigenvalue weighted by Gasteiger charge is 2.28. The second kappa shape index (κ2) is 4.94. The van der Waals surface area contributed by atoms with Crippen LogP contribution < -0.4 is 5.11 Å². The van der Waals surface area contributed by atoms with Gasteiger partial charge in [0.05, 0.1) is 5.75 Å². The summed E-state index contributed by atoms with van der Waals surface area (Å²) in [6, 6.07) is 0. The summed E-state index contributed by atoms with van der Waals surface area (Å²) in [6.45, 7) is 2.30. The fraction of sp³-hybridized carbons (Fsp3) is 0.889. The number of piperidine rings is 1. The number of nitrogens with zero attached hydrogens (tertiary/aromatic N) is 1. The zero-order valence-corrected chi connectivity index (χ0v) is 9.62. The molecule has 1 heterocycles. The van der Waals surface area contributed by atoms with Gasteiger partial charge in [-0.1, -0.05) is 6.92 Å². The first-order valence-corrected chi connectivity index (χ1v) is 6.77. The molecule has 0 spiro atoms. The van der Waals surface area contributed by atoms with E-state index in [0.29, 0.717) is 25.8 Å². The fourth-order valence-corrected chi connectivity index (χ4v) is 3.36. The first-order chi connectivity index (χ1) is 6.97. The first-order valence-electron chi connectivity index (χ1n) is 5.16. The van der Waals surface area contributed by atoms with E-state index in [-0.39, 0.29) is 12.3 Å². The van der Waals surface area contributed by atoms with Gasteiger partial charge in [-0.05, 0) is 19.3 Å². The normalized spacial score (nSPS) is 23.9. The molecule has 0 aromatic rings. The molecule has 0 amide bonds. The number of carbonyl (C=O) groups is 1. The number of sulfonamides is 1. The molecular weight excluding hydrogens is 218 g/mol. The number of carbonyl (C=O) groups excluding carboxylic acids is 1. The van der Waals surface area contributed by atoms with Gasteiger partial charge in [-0.2, -0.15) is 0 Å². The standard InChI is InChI=1S/C9H17NO4S/c1-2-6-15(13,14)10-5-3-4-8(7-10)9(11)12/h8H,2-7H2,1H3,(H,11,12)/p-1. The van der Waals surface area contributed by atoms with E-state index in [1.54, 1.807) is 6.92 Å². The van der Waals surface area contributed by atoms with Gasteiger partial charge in [0.1, 0.15) is 0 Å². The van der Waals surface area contributed by atoms with Crippen LogP contribution in [0, 0.1) is 5.92 Å². The van der Waals surface area contributed by atoms with Crippen LogP contribution in [0.3, 0.4) is 0 Å². The van der Waals surface area contributed by atoms with E-state index in [0.717, 1.165) is 0 Å². The Balaban J connectivity index is 2.67. The lowest BCUT2D eigenvalue weighted by molar-refractivity contribution is -0.312. The van der Waals surface area contributed by atoms with Gasteiger partial charge < -0.3 is 9.90 Å². The molecule has 1 fully saturated rings. The lowest BCUT2D eigenvalue weighted by atomic mass is 10.0. The van der Waals surface area contributed by atoms with E-state index in [4.69, 9.17) is 0 Å². The van der Waals surface area contributed by atoms with Gasteiger partial charge in [0.15, 0.2) is 0 Å². The summed E-state index contributed by atoms with van der Waals surface area (Å²) in [4.78, 5) is 10.7. The molecule has 5 nitrogen and oxygen atoms in total. The summed E-state index contributed by atoms with van der Waals surface area (Å²) >= 11 is 0. The minimum absolute atomic E-state index is 0.0741. The smallest absolute Gasteiger partial charge is 0.214 e. The topological polar surface area (TPSA) is 77.5 Å². The van der Waals surface area contributed by atoms with Gasteiger partial charge in [0, 0.05) is 25.0 Å². The molecule has 0 N–H and O–H groups in total. The summed E-state index contributed by atoms with van der Waals surface area (Å²) in [5.41, 5.74) is 0. The second-order valence-electron chi connectivity index (χ2n) is 3.83. The number of aliphatic carboxylic acids is 1. The Hall–Kier alpha value is -0.620. The lowest BCUT2D eigenvalue weighted by Crippen LogP contribution is -2.46. The molecule has 88 valence electrons. The second-order valence-corrected chi connectivity index (χ2v) is 5.92. The molecule has 6 heteroatoms. The molecule has 0 bridgehead atoms. The third-order valence-electron chi connectivity index (χ3n) is 2.57. The maximum absolute atomic E-state index is 11.7. The van der Waals surface area contributed by atoms with Crippen LogP contribution in [0.1, 0.15) is 26.2 Å². The Kier molecular flexibility index (Phi) is 4.10. The van der Waals surface area contributed by atoms with Crippen LogP contribution in [0.5, 0.6) is 0 Å². The van der Waals surface area contributed by atoms with Crippen LogP contribution in [0.4, 0.5) is 0 Å². The van der Waals surface area contributed by atoms with E-state index in [9.17, 15) is 18.3 Å². The zero-order chi connectivity index (χ0) is 11.5. The maximum Gasteiger partial charge on any atom is 0.214 e. The minimum atomic E-state index is -3.26. The summed E-state index contributed by atoms with van der Waals surface area (Å²) in [6.07, 6.45) is 1.66. The molecule has 0 aromatic carbocycles. The molecular formula is C9H16NO4S-. The third-order valence-corrected chi connectivity index (χ3v) is 4.62. The predicted octanol–water partition coefficient (Wildman–Crippen LogP) is -0.812. The van der Waals surface area contributed by atoms with Gasteiger partial charge in [-0.15, -0.1) is 0 Å². The van der Waals surface area contributed by atoms with Gasteiger partial charge in [-0.25, -0.2) is 12.7 Å². The Bertz CT molecular complexity index is 325. The van der Waals surface area contributed by atoms with E-state index in [1.807, 2.05) is 0 Å². The summed E-state index contributed by atoms with van der Waals surface area (Å²) in [5.74, 6) is -1.70. The Labute approximate surface area is 90.1 Å². The van der Waals surface area contributed by atoms with Crippen LogP contribution in [0.2, 0.25) is 0 Å². The van der Waals surface area contributed by atoms with Crippen molar-refractivity contribution in [3.63, 3.8) is 0 Å². The monoisotopic (exact) mass is 234 g/mol. The number of rotatable bonds is 4. The van der Waals surface area contributed by atoms with Crippen LogP contribution in [-0.4, -0.2) is 37.5 Å². The molecule has 1 unspecified atom stereocenters. The number of carboxylic acids is 1. The van der Waals surface area contributed by atoms with Crippen molar-refractivity contribution in [3.05, 3.63) is 0 Å². The van der Waals surface area contributed by atoms with Crippen molar-refractivity contribution in [2.45, 2.75) is 26.2 Å². The van der Waals surface area contributed by atoms with Gasteiger partial charge in [-0.3, -0.25) is 0 Å². The Morgan fingerprint density at radius 2 is 2.20 bits per heavy atom. The first kappa shape index (κ1) is 12.4. The molecule has 1 aliphatic heterocycles. The zero-order valence-electron chi connectivity index (χ0n) is 8.81. The Morgan fingerprint density at radius 3 is 2.73 bits per heavy atom. The van der Waals surface area contributed by atoms with Crippen molar-refractivity contribution in [1.29, 1.82) is 0 Å². The average Bonchev–Trinajstić information content (AvgIpc) is 2.18. The number of hydrogen-bond acceptors (Lipinski definition) is 4. The highest BCUT2D eigenvalue weighted by Crippen LogP contribution is 2.19. The molecule has 0 saturated carbocycles. The SMILES string of the molecule is CCCS(=O)(=O)N1CCCC(C(=O)[O-])C1. The largest absolute Gasteiger partial charge is 0.550 e. The maximum atomic E-state index is 11.7. The van der Waals surface area contributed by atoms with Crippen LogP contribution in [0.25, 0.3) is 0 Å². The fourth-order valence-electron chi connectivity index (χ4n) is 1.77. The summed E-state index contributed by atoms with van der Waals surface area (Å²) < 4.78 is 24.6. The van der Waals surface area contributed by atoms with E-state index in [1.165, 1.54) is 4.31 Å². The third kappa shape index (κ3) is 3.17. The predicted molar refractivity (Wildman–Crippen MR) is 53.4 cm³/mol. The van der Waals surface area contributed by atoms with Crippen LogP contribution in [0.15, 0.2) is 0 Å². The average molecular weight is 234 g/mol. The Morgan fingerprint density at radius 1 is 1.53 bits per heavy atom. The quantitative estimate of drug-likeness (QED) is 0.637. The van der Waals surface area contributed by atoms with Crippen LogP contribution in [-0.2, 0) is 14.8 Å². The molecule has 1 saturated heterocycles. The molecule has 0 aromatic heterocycles. The molecule has 1 atom stereocenters. The summed E-state index contributed by atoms with van der Waals surface area (Å²) in [7, 11) is -3.26. The van der Waals surface area contributed by atoms with Gasteiger partial charge >= 0.3 is 0 Å². The molecule has 1 aliphatic rings. The molecule has 1 rings (SSSR count). The number of carboxylic acid groups (broad SMARTS) is 1. The van der Waals surface area contributed by atoms with E-state index in [2.05, 4.69) is 0 Å². The lowest BCUT2D eigenvalue weighted by Gasteiger charge is -2.32. The minimum Gasteiger partial charge on any atom is -0.550 e. The van der Waals surface area contributed by atoms with Crippen molar-refractivity contribution in [1.82, 2.24) is 4.31 Å².